The van der Waals surface area contributed by atoms with Crippen molar-refractivity contribution in [1.82, 2.24) is 5.32 Å². The van der Waals surface area contributed by atoms with E-state index in [-0.39, 0.29) is 6.61 Å². The summed E-state index contributed by atoms with van der Waals surface area (Å²) in [6.07, 6.45) is 3.86. The second-order valence-corrected chi connectivity index (χ2v) is 3.43. The maximum atomic E-state index is 9.06. The zero-order chi connectivity index (χ0) is 8.81. The number of hydrogen-bond acceptors (Lipinski definition) is 3. The van der Waals surface area contributed by atoms with Crippen LogP contribution in [0.4, 0.5) is 0 Å². The molecule has 0 aliphatic heterocycles. The van der Waals surface area contributed by atoms with E-state index in [0.717, 1.165) is 13.2 Å². The van der Waals surface area contributed by atoms with E-state index >= 15 is 0 Å². The lowest BCUT2D eigenvalue weighted by atomic mass is 9.80. The lowest BCUT2D eigenvalue weighted by molar-refractivity contribution is 0.134. The van der Waals surface area contributed by atoms with Gasteiger partial charge in [-0.15, -0.1) is 0 Å². The molecule has 3 heteroatoms. The Balaban J connectivity index is 2.07. The van der Waals surface area contributed by atoms with Gasteiger partial charge in [-0.1, -0.05) is 6.42 Å². The first kappa shape index (κ1) is 9.96. The van der Waals surface area contributed by atoms with Crippen molar-refractivity contribution < 1.29 is 9.84 Å². The van der Waals surface area contributed by atoms with Gasteiger partial charge in [0, 0.05) is 19.7 Å². The predicted octanol–water partition coefficient (Wildman–Crippen LogP) is 0.383. The average molecular weight is 173 g/mol. The minimum Gasteiger partial charge on any atom is -0.395 e. The van der Waals surface area contributed by atoms with Crippen LogP contribution in [-0.4, -0.2) is 38.0 Å². The summed E-state index contributed by atoms with van der Waals surface area (Å²) in [7, 11) is 1.69. The van der Waals surface area contributed by atoms with E-state index in [1.807, 2.05) is 0 Å². The summed E-state index contributed by atoms with van der Waals surface area (Å²) in [5.74, 6) is 0.701. The molecule has 1 atom stereocenters. The normalized spacial score (nSPS) is 20.5. The Morgan fingerprint density at radius 2 is 2.33 bits per heavy atom. The van der Waals surface area contributed by atoms with Crippen LogP contribution in [0.2, 0.25) is 0 Å². The summed E-state index contributed by atoms with van der Waals surface area (Å²) in [5.41, 5.74) is 0. The molecule has 1 aliphatic carbocycles. The molecule has 0 aromatic rings. The van der Waals surface area contributed by atoms with E-state index in [1.165, 1.54) is 19.3 Å². The van der Waals surface area contributed by atoms with Crippen molar-refractivity contribution in [2.75, 3.05) is 26.9 Å². The van der Waals surface area contributed by atoms with Crippen LogP contribution < -0.4 is 5.32 Å². The molecular weight excluding hydrogens is 154 g/mol. The van der Waals surface area contributed by atoms with Gasteiger partial charge in [-0.05, 0) is 18.8 Å². The number of aliphatic hydroxyl groups is 1. The zero-order valence-electron chi connectivity index (χ0n) is 7.75. The third-order valence-corrected chi connectivity index (χ3v) is 2.63. The van der Waals surface area contributed by atoms with E-state index in [0.29, 0.717) is 12.0 Å². The third-order valence-electron chi connectivity index (χ3n) is 2.63. The standard InChI is InChI=1S/C9H19NO2/c1-12-6-5-10-9(7-11)8-3-2-4-8/h8-11H,2-7H2,1H3. The van der Waals surface area contributed by atoms with Crippen LogP contribution in [0.25, 0.3) is 0 Å². The molecule has 0 spiro atoms. The molecule has 12 heavy (non-hydrogen) atoms. The van der Waals surface area contributed by atoms with Gasteiger partial charge in [0.05, 0.1) is 13.2 Å². The Kier molecular flexibility index (Phi) is 4.58. The summed E-state index contributed by atoms with van der Waals surface area (Å²) in [5, 5.41) is 12.4. The molecule has 1 fully saturated rings. The van der Waals surface area contributed by atoms with Crippen molar-refractivity contribution in [2.45, 2.75) is 25.3 Å². The van der Waals surface area contributed by atoms with Gasteiger partial charge in [-0.2, -0.15) is 0 Å². The van der Waals surface area contributed by atoms with Crippen LogP contribution in [0.5, 0.6) is 0 Å². The minimum atomic E-state index is 0.258. The molecule has 1 saturated carbocycles. The summed E-state index contributed by atoms with van der Waals surface area (Å²) in [6.45, 7) is 1.83. The highest BCUT2D eigenvalue weighted by molar-refractivity contribution is 4.81. The lowest BCUT2D eigenvalue weighted by Crippen LogP contribution is -2.43. The fourth-order valence-corrected chi connectivity index (χ4v) is 1.57. The van der Waals surface area contributed by atoms with Crippen LogP contribution in [0.3, 0.4) is 0 Å². The molecular formula is C9H19NO2. The van der Waals surface area contributed by atoms with Crippen LogP contribution in [0.15, 0.2) is 0 Å². The molecule has 0 radical (unpaired) electrons. The number of nitrogens with one attached hydrogen (secondary N) is 1. The molecule has 0 bridgehead atoms. The highest BCUT2D eigenvalue weighted by atomic mass is 16.5. The number of rotatable bonds is 6. The van der Waals surface area contributed by atoms with Gasteiger partial charge in [0.1, 0.15) is 0 Å². The van der Waals surface area contributed by atoms with E-state index in [9.17, 15) is 0 Å². The van der Waals surface area contributed by atoms with Gasteiger partial charge in [-0.25, -0.2) is 0 Å². The first-order valence-electron chi connectivity index (χ1n) is 4.71. The maximum absolute atomic E-state index is 9.06. The summed E-state index contributed by atoms with van der Waals surface area (Å²) in [6, 6.07) is 0.300. The Bertz CT molecular complexity index is 115. The Hall–Kier alpha value is -0.120. The predicted molar refractivity (Wildman–Crippen MR) is 48.1 cm³/mol. The van der Waals surface area contributed by atoms with Crippen molar-refractivity contribution in [1.29, 1.82) is 0 Å². The highest BCUT2D eigenvalue weighted by Crippen LogP contribution is 2.29. The monoisotopic (exact) mass is 173 g/mol. The van der Waals surface area contributed by atoms with Gasteiger partial charge in [0.2, 0.25) is 0 Å². The van der Waals surface area contributed by atoms with Crippen molar-refractivity contribution in [3.05, 3.63) is 0 Å². The molecule has 0 saturated heterocycles. The second-order valence-electron chi connectivity index (χ2n) is 3.43. The van der Waals surface area contributed by atoms with Gasteiger partial charge in [0.25, 0.3) is 0 Å². The number of methoxy groups -OCH3 is 1. The van der Waals surface area contributed by atoms with Gasteiger partial charge < -0.3 is 15.2 Å². The van der Waals surface area contributed by atoms with E-state index < -0.39 is 0 Å². The summed E-state index contributed by atoms with van der Waals surface area (Å²) < 4.78 is 4.92. The van der Waals surface area contributed by atoms with E-state index in [4.69, 9.17) is 9.84 Å². The molecule has 2 N–H and O–H groups in total. The molecule has 0 amide bonds. The van der Waals surface area contributed by atoms with Crippen LogP contribution in [0.1, 0.15) is 19.3 Å². The Morgan fingerprint density at radius 3 is 2.75 bits per heavy atom. The zero-order valence-corrected chi connectivity index (χ0v) is 7.75. The fraction of sp³-hybridized carbons (Fsp3) is 1.00. The van der Waals surface area contributed by atoms with Crippen molar-refractivity contribution in [3.8, 4) is 0 Å². The van der Waals surface area contributed by atoms with E-state index in [1.54, 1.807) is 7.11 Å². The van der Waals surface area contributed by atoms with Crippen molar-refractivity contribution >= 4 is 0 Å². The molecule has 1 unspecified atom stereocenters. The average Bonchev–Trinajstić information content (AvgIpc) is 1.99. The SMILES string of the molecule is COCCNC(CO)C1CCC1. The Morgan fingerprint density at radius 1 is 1.58 bits per heavy atom. The lowest BCUT2D eigenvalue weighted by Gasteiger charge is -2.33. The molecule has 1 aliphatic rings. The number of hydrogen-bond donors (Lipinski definition) is 2. The van der Waals surface area contributed by atoms with Gasteiger partial charge in [-0.3, -0.25) is 0 Å². The summed E-state index contributed by atoms with van der Waals surface area (Å²) >= 11 is 0. The maximum Gasteiger partial charge on any atom is 0.0587 e. The molecule has 72 valence electrons. The molecule has 0 heterocycles. The quantitative estimate of drug-likeness (QED) is 0.571. The largest absolute Gasteiger partial charge is 0.395 e. The first-order chi connectivity index (χ1) is 5.88. The van der Waals surface area contributed by atoms with Gasteiger partial charge >= 0.3 is 0 Å². The fourth-order valence-electron chi connectivity index (χ4n) is 1.57. The third kappa shape index (κ3) is 2.73. The topological polar surface area (TPSA) is 41.5 Å². The van der Waals surface area contributed by atoms with Crippen molar-refractivity contribution in [3.63, 3.8) is 0 Å². The molecule has 0 aromatic carbocycles. The van der Waals surface area contributed by atoms with E-state index in [2.05, 4.69) is 5.32 Å². The summed E-state index contributed by atoms with van der Waals surface area (Å²) in [4.78, 5) is 0. The number of aliphatic hydroxyl groups excluding tert-OH is 1. The highest BCUT2D eigenvalue weighted by Gasteiger charge is 2.25. The van der Waals surface area contributed by atoms with Crippen LogP contribution in [-0.2, 0) is 4.74 Å². The molecule has 3 nitrogen and oxygen atoms in total. The van der Waals surface area contributed by atoms with Crippen LogP contribution in [0, 0.1) is 5.92 Å². The van der Waals surface area contributed by atoms with Crippen LogP contribution >= 0.6 is 0 Å². The minimum absolute atomic E-state index is 0.258. The smallest absolute Gasteiger partial charge is 0.0587 e. The Labute approximate surface area is 74.1 Å². The first-order valence-corrected chi connectivity index (χ1v) is 4.71. The molecule has 0 aromatic heterocycles. The second kappa shape index (κ2) is 5.51. The number of ether oxygens (including phenoxy) is 1. The van der Waals surface area contributed by atoms with Gasteiger partial charge in [0.15, 0.2) is 0 Å². The molecule has 1 rings (SSSR count). The van der Waals surface area contributed by atoms with Crippen molar-refractivity contribution in [2.24, 2.45) is 5.92 Å².